The van der Waals surface area contributed by atoms with Gasteiger partial charge in [0.1, 0.15) is 6.04 Å². The lowest BCUT2D eigenvalue weighted by molar-refractivity contribution is -0.151. The van der Waals surface area contributed by atoms with Gasteiger partial charge in [0.25, 0.3) is 0 Å². The molecule has 20 heavy (non-hydrogen) atoms. The van der Waals surface area contributed by atoms with E-state index in [1.807, 2.05) is 0 Å². The van der Waals surface area contributed by atoms with Gasteiger partial charge in [-0.2, -0.15) is 0 Å². The highest BCUT2D eigenvalue weighted by Crippen LogP contribution is 2.60. The molecule has 4 nitrogen and oxygen atoms in total. The van der Waals surface area contributed by atoms with E-state index >= 15 is 0 Å². The lowest BCUT2D eigenvalue weighted by atomic mass is 9.49. The first-order chi connectivity index (χ1) is 9.52. The van der Waals surface area contributed by atoms with Crippen LogP contribution >= 0.6 is 0 Å². The summed E-state index contributed by atoms with van der Waals surface area (Å²) in [5.41, 5.74) is -0.274. The van der Waals surface area contributed by atoms with Gasteiger partial charge in [-0.1, -0.05) is 6.08 Å². The molecule has 0 aromatic heterocycles. The first-order valence-electron chi connectivity index (χ1n) is 7.67. The minimum Gasteiger partial charge on any atom is -0.480 e. The lowest BCUT2D eigenvalue weighted by Gasteiger charge is -2.55. The van der Waals surface area contributed by atoms with E-state index < -0.39 is 12.0 Å². The third kappa shape index (κ3) is 2.25. The molecule has 0 radical (unpaired) electrons. The smallest absolute Gasteiger partial charge is 0.326 e. The molecule has 110 valence electrons. The Morgan fingerprint density at radius 3 is 2.10 bits per heavy atom. The molecule has 4 aliphatic rings. The van der Waals surface area contributed by atoms with Gasteiger partial charge in [-0.15, -0.1) is 6.58 Å². The van der Waals surface area contributed by atoms with Gasteiger partial charge in [-0.25, -0.2) is 4.79 Å². The Kier molecular flexibility index (Phi) is 3.35. The van der Waals surface area contributed by atoms with E-state index in [1.165, 1.54) is 19.3 Å². The maximum atomic E-state index is 12.7. The fourth-order valence-corrected chi connectivity index (χ4v) is 5.09. The molecule has 4 bridgehead atoms. The molecule has 2 N–H and O–H groups in total. The Morgan fingerprint density at radius 1 is 1.20 bits per heavy atom. The summed E-state index contributed by atoms with van der Waals surface area (Å²) in [6, 6.07) is -0.826. The third-order valence-corrected chi connectivity index (χ3v) is 5.53. The molecule has 4 fully saturated rings. The number of nitrogens with one attached hydrogen (secondary N) is 1. The number of carboxylic acid groups (broad SMARTS) is 1. The van der Waals surface area contributed by atoms with Crippen LogP contribution in [0, 0.1) is 23.2 Å². The van der Waals surface area contributed by atoms with Crippen LogP contribution in [0.1, 0.15) is 44.9 Å². The van der Waals surface area contributed by atoms with Crippen LogP contribution in [0.25, 0.3) is 0 Å². The number of hydrogen-bond donors (Lipinski definition) is 2. The molecule has 0 aromatic carbocycles. The summed E-state index contributed by atoms with van der Waals surface area (Å²) in [7, 11) is 0. The molecular formula is C16H23NO3. The van der Waals surface area contributed by atoms with E-state index in [-0.39, 0.29) is 17.7 Å². The number of rotatable bonds is 5. The molecule has 0 spiro atoms. The fraction of sp³-hybridized carbons (Fsp3) is 0.750. The summed E-state index contributed by atoms with van der Waals surface area (Å²) in [4.78, 5) is 23.9. The maximum Gasteiger partial charge on any atom is 0.326 e. The van der Waals surface area contributed by atoms with Crippen LogP contribution in [0.2, 0.25) is 0 Å². The molecule has 0 aromatic rings. The molecule has 4 saturated carbocycles. The van der Waals surface area contributed by atoms with Crippen molar-refractivity contribution in [1.29, 1.82) is 0 Å². The molecular weight excluding hydrogens is 254 g/mol. The fourth-order valence-electron chi connectivity index (χ4n) is 5.09. The lowest BCUT2D eigenvalue weighted by Crippen LogP contribution is -2.56. The predicted molar refractivity (Wildman–Crippen MR) is 75.0 cm³/mol. The number of hydrogen-bond acceptors (Lipinski definition) is 2. The van der Waals surface area contributed by atoms with Crippen molar-refractivity contribution < 1.29 is 14.7 Å². The van der Waals surface area contributed by atoms with Gasteiger partial charge in [0.15, 0.2) is 0 Å². The van der Waals surface area contributed by atoms with Crippen molar-refractivity contribution >= 4 is 11.9 Å². The van der Waals surface area contributed by atoms with Crippen LogP contribution in [-0.2, 0) is 9.59 Å². The van der Waals surface area contributed by atoms with E-state index in [0.29, 0.717) is 17.8 Å². The standard InChI is InChI=1S/C16H23NO3/c1-2-3-13(14(18)19)17-15(20)16-7-10-4-11(8-16)6-12(5-10)9-16/h2,10-13H,1,3-9H2,(H,17,20)(H,18,19). The summed E-state index contributed by atoms with van der Waals surface area (Å²) in [6.07, 6.45) is 8.57. The van der Waals surface area contributed by atoms with Crippen LogP contribution in [0.3, 0.4) is 0 Å². The van der Waals surface area contributed by atoms with Crippen LogP contribution in [0.4, 0.5) is 0 Å². The van der Waals surface area contributed by atoms with E-state index in [9.17, 15) is 14.7 Å². The molecule has 4 aliphatic carbocycles. The maximum absolute atomic E-state index is 12.7. The van der Waals surface area contributed by atoms with E-state index in [1.54, 1.807) is 6.08 Å². The Labute approximate surface area is 119 Å². The van der Waals surface area contributed by atoms with Gasteiger partial charge in [-0.3, -0.25) is 4.79 Å². The molecule has 4 rings (SSSR count). The predicted octanol–water partition coefficient (Wildman–Crippen LogP) is 2.35. The van der Waals surface area contributed by atoms with Gasteiger partial charge < -0.3 is 10.4 Å². The van der Waals surface area contributed by atoms with Crippen LogP contribution in [0.15, 0.2) is 12.7 Å². The zero-order valence-corrected chi connectivity index (χ0v) is 11.8. The second kappa shape index (κ2) is 4.90. The number of carbonyl (C=O) groups excluding carboxylic acids is 1. The SMILES string of the molecule is C=CCC(NC(=O)C12CC3CC(CC(C3)C1)C2)C(=O)O. The first kappa shape index (κ1) is 13.7. The highest BCUT2D eigenvalue weighted by molar-refractivity contribution is 5.88. The third-order valence-electron chi connectivity index (χ3n) is 5.53. The van der Waals surface area contributed by atoms with E-state index in [0.717, 1.165) is 19.3 Å². The van der Waals surface area contributed by atoms with Crippen LogP contribution in [-0.4, -0.2) is 23.0 Å². The molecule has 1 amide bonds. The Hall–Kier alpha value is -1.32. The second-order valence-electron chi connectivity index (χ2n) is 7.09. The molecule has 0 saturated heterocycles. The molecule has 1 unspecified atom stereocenters. The van der Waals surface area contributed by atoms with Crippen LogP contribution in [0.5, 0.6) is 0 Å². The molecule has 0 heterocycles. The largest absolute Gasteiger partial charge is 0.480 e. The summed E-state index contributed by atoms with van der Waals surface area (Å²) in [5.74, 6) is 1.08. The van der Waals surface area contributed by atoms with E-state index in [4.69, 9.17) is 0 Å². The van der Waals surface area contributed by atoms with Crippen molar-refractivity contribution in [2.75, 3.05) is 0 Å². The van der Waals surface area contributed by atoms with Crippen LogP contribution < -0.4 is 5.32 Å². The van der Waals surface area contributed by atoms with Gasteiger partial charge in [-0.05, 0) is 62.7 Å². The Morgan fingerprint density at radius 2 is 1.70 bits per heavy atom. The first-order valence-corrected chi connectivity index (χ1v) is 7.67. The van der Waals surface area contributed by atoms with Crippen molar-refractivity contribution in [2.45, 2.75) is 51.0 Å². The number of aliphatic carboxylic acids is 1. The van der Waals surface area contributed by atoms with Gasteiger partial charge in [0, 0.05) is 5.41 Å². The van der Waals surface area contributed by atoms with E-state index in [2.05, 4.69) is 11.9 Å². The van der Waals surface area contributed by atoms with Gasteiger partial charge in [0.05, 0.1) is 0 Å². The zero-order chi connectivity index (χ0) is 14.3. The van der Waals surface area contributed by atoms with Crippen molar-refractivity contribution in [1.82, 2.24) is 5.32 Å². The minimum atomic E-state index is -0.969. The Bertz CT molecular complexity index is 408. The van der Waals surface area contributed by atoms with Gasteiger partial charge in [0.2, 0.25) is 5.91 Å². The van der Waals surface area contributed by atoms with Crippen molar-refractivity contribution in [2.24, 2.45) is 23.2 Å². The summed E-state index contributed by atoms with van der Waals surface area (Å²) >= 11 is 0. The molecule has 0 aliphatic heterocycles. The molecule has 1 atom stereocenters. The quantitative estimate of drug-likeness (QED) is 0.758. The zero-order valence-electron chi connectivity index (χ0n) is 11.8. The summed E-state index contributed by atoms with van der Waals surface area (Å²) in [6.45, 7) is 3.57. The van der Waals surface area contributed by atoms with Crippen molar-refractivity contribution in [3.63, 3.8) is 0 Å². The van der Waals surface area contributed by atoms with Crippen molar-refractivity contribution in [3.05, 3.63) is 12.7 Å². The summed E-state index contributed by atoms with van der Waals surface area (Å²) in [5, 5.41) is 11.9. The topological polar surface area (TPSA) is 66.4 Å². The second-order valence-corrected chi connectivity index (χ2v) is 7.09. The van der Waals surface area contributed by atoms with Gasteiger partial charge >= 0.3 is 5.97 Å². The average Bonchev–Trinajstić information content (AvgIpc) is 2.36. The monoisotopic (exact) mass is 277 g/mol. The highest BCUT2D eigenvalue weighted by atomic mass is 16.4. The number of carboxylic acids is 1. The average molecular weight is 277 g/mol. The minimum absolute atomic E-state index is 0.0224. The van der Waals surface area contributed by atoms with Crippen molar-refractivity contribution in [3.8, 4) is 0 Å². The summed E-state index contributed by atoms with van der Waals surface area (Å²) < 4.78 is 0. The highest BCUT2D eigenvalue weighted by Gasteiger charge is 2.54. The number of amides is 1. The normalized spacial score (nSPS) is 39.3. The molecule has 4 heteroatoms. The Balaban J connectivity index is 1.73. The number of carbonyl (C=O) groups is 2.